The summed E-state index contributed by atoms with van der Waals surface area (Å²) in [6, 6.07) is 16.2. The number of ether oxygens (including phenoxy) is 2. The van der Waals surface area contributed by atoms with Crippen LogP contribution in [0.4, 0.5) is 0 Å². The largest absolute Gasteiger partial charge is 0.481 e. The van der Waals surface area contributed by atoms with Crippen LogP contribution in [0, 0.1) is 6.92 Å². The molecule has 1 fully saturated rings. The van der Waals surface area contributed by atoms with E-state index in [0.29, 0.717) is 19.0 Å². The number of hydrogen-bond acceptors (Lipinski definition) is 6. The van der Waals surface area contributed by atoms with Gasteiger partial charge in [-0.1, -0.05) is 36.4 Å². The molecule has 0 spiro atoms. The lowest BCUT2D eigenvalue weighted by molar-refractivity contribution is 0.0460. The smallest absolute Gasteiger partial charge is 0.213 e. The van der Waals surface area contributed by atoms with Gasteiger partial charge in [-0.05, 0) is 25.0 Å². The number of aryl methyl sites for hydroxylation is 1. The van der Waals surface area contributed by atoms with E-state index in [0.717, 1.165) is 30.3 Å². The topological polar surface area (TPSA) is 76.2 Å². The van der Waals surface area contributed by atoms with Gasteiger partial charge in [0.15, 0.2) is 5.82 Å². The first kappa shape index (κ1) is 18.6. The van der Waals surface area contributed by atoms with Crippen molar-refractivity contribution < 1.29 is 9.47 Å². The minimum Gasteiger partial charge on any atom is -0.481 e. The zero-order valence-corrected chi connectivity index (χ0v) is 16.2. The van der Waals surface area contributed by atoms with Gasteiger partial charge in [-0.25, -0.2) is 9.97 Å². The fourth-order valence-electron chi connectivity index (χ4n) is 3.59. The van der Waals surface area contributed by atoms with Gasteiger partial charge in [-0.15, -0.1) is 0 Å². The molecule has 0 unspecified atom stereocenters. The van der Waals surface area contributed by atoms with E-state index in [1.54, 1.807) is 7.11 Å². The first-order valence-corrected chi connectivity index (χ1v) is 9.49. The third-order valence-electron chi connectivity index (χ3n) is 4.96. The average Bonchev–Trinajstić information content (AvgIpc) is 3.33. The molecule has 0 saturated carbocycles. The molecule has 1 N–H and O–H groups in total. The first-order chi connectivity index (χ1) is 13.7. The molecule has 1 aliphatic heterocycles. The lowest BCUT2D eigenvalue weighted by Gasteiger charge is -2.21. The van der Waals surface area contributed by atoms with Crippen LogP contribution in [0.1, 0.15) is 35.4 Å². The van der Waals surface area contributed by atoms with Crippen LogP contribution in [0.3, 0.4) is 0 Å². The first-order valence-electron chi connectivity index (χ1n) is 9.49. The fourth-order valence-corrected chi connectivity index (χ4v) is 3.59. The lowest BCUT2D eigenvalue weighted by atomic mass is 10.2. The van der Waals surface area contributed by atoms with Crippen LogP contribution in [-0.2, 0) is 17.9 Å². The Labute approximate surface area is 164 Å². The fraction of sp³-hybridized carbons (Fsp3) is 0.381. The molecule has 4 rings (SSSR count). The van der Waals surface area contributed by atoms with E-state index in [2.05, 4.69) is 37.2 Å². The Hall–Kier alpha value is -2.77. The second-order valence-electron chi connectivity index (χ2n) is 7.05. The number of rotatable bonds is 7. The average molecular weight is 379 g/mol. The molecule has 7 heteroatoms. The van der Waals surface area contributed by atoms with E-state index in [4.69, 9.17) is 9.47 Å². The van der Waals surface area contributed by atoms with Crippen molar-refractivity contribution in [1.29, 1.82) is 0 Å². The number of aromatic nitrogens is 4. The van der Waals surface area contributed by atoms with Crippen molar-refractivity contribution in [1.82, 2.24) is 25.1 Å². The van der Waals surface area contributed by atoms with E-state index < -0.39 is 0 Å². The predicted molar refractivity (Wildman–Crippen MR) is 105 cm³/mol. The Morgan fingerprint density at radius 2 is 1.96 bits per heavy atom. The molecule has 3 heterocycles. The SMILES string of the molecule is COc1cccc(CN2C[C@@H](OCc3ccccc3)C[C@H]2c2n[nH]c(C)n2)n1. The quantitative estimate of drug-likeness (QED) is 0.680. The molecule has 1 saturated heterocycles. The summed E-state index contributed by atoms with van der Waals surface area (Å²) in [4.78, 5) is 11.4. The van der Waals surface area contributed by atoms with E-state index in [1.165, 1.54) is 5.56 Å². The molecule has 28 heavy (non-hydrogen) atoms. The van der Waals surface area contributed by atoms with Gasteiger partial charge in [0.25, 0.3) is 0 Å². The second kappa shape index (κ2) is 8.50. The summed E-state index contributed by atoms with van der Waals surface area (Å²) >= 11 is 0. The number of pyridine rings is 1. The number of aromatic amines is 1. The summed E-state index contributed by atoms with van der Waals surface area (Å²) < 4.78 is 11.5. The van der Waals surface area contributed by atoms with Crippen LogP contribution in [0.15, 0.2) is 48.5 Å². The number of nitrogens with zero attached hydrogens (tertiary/aromatic N) is 4. The highest BCUT2D eigenvalue weighted by Gasteiger charge is 2.36. The van der Waals surface area contributed by atoms with Crippen molar-refractivity contribution in [2.24, 2.45) is 0 Å². The van der Waals surface area contributed by atoms with Gasteiger partial charge in [0.1, 0.15) is 5.82 Å². The summed E-state index contributed by atoms with van der Waals surface area (Å²) in [5, 5.41) is 7.35. The van der Waals surface area contributed by atoms with Gasteiger partial charge in [0, 0.05) is 19.2 Å². The summed E-state index contributed by atoms with van der Waals surface area (Å²) in [6.45, 7) is 4.03. The number of methoxy groups -OCH3 is 1. The molecule has 0 amide bonds. The monoisotopic (exact) mass is 379 g/mol. The van der Waals surface area contributed by atoms with Crippen LogP contribution in [-0.4, -0.2) is 44.8 Å². The summed E-state index contributed by atoms with van der Waals surface area (Å²) in [5.74, 6) is 2.26. The maximum Gasteiger partial charge on any atom is 0.213 e. The molecule has 3 aromatic rings. The number of nitrogens with one attached hydrogen (secondary N) is 1. The Morgan fingerprint density at radius 1 is 1.11 bits per heavy atom. The Balaban J connectivity index is 1.48. The van der Waals surface area contributed by atoms with Gasteiger partial charge in [-0.2, -0.15) is 5.10 Å². The van der Waals surface area contributed by atoms with Gasteiger partial charge in [0.05, 0.1) is 31.6 Å². The molecular formula is C21H25N5O2. The third kappa shape index (κ3) is 4.37. The molecule has 0 radical (unpaired) electrons. The number of H-pyrrole nitrogens is 1. The molecule has 2 atom stereocenters. The molecule has 146 valence electrons. The summed E-state index contributed by atoms with van der Waals surface area (Å²) in [5.41, 5.74) is 2.14. The zero-order chi connectivity index (χ0) is 19.3. The third-order valence-corrected chi connectivity index (χ3v) is 4.96. The zero-order valence-electron chi connectivity index (χ0n) is 16.2. The molecule has 0 bridgehead atoms. The molecule has 2 aromatic heterocycles. The number of hydrogen-bond donors (Lipinski definition) is 1. The summed E-state index contributed by atoms with van der Waals surface area (Å²) in [7, 11) is 1.63. The Kier molecular flexibility index (Phi) is 5.64. The highest BCUT2D eigenvalue weighted by Crippen LogP contribution is 2.33. The van der Waals surface area contributed by atoms with Crippen LogP contribution in [0.5, 0.6) is 5.88 Å². The van der Waals surface area contributed by atoms with Gasteiger partial charge in [-0.3, -0.25) is 10.00 Å². The molecule has 0 aliphatic carbocycles. The van der Waals surface area contributed by atoms with E-state index in [9.17, 15) is 0 Å². The van der Waals surface area contributed by atoms with Crippen molar-refractivity contribution in [2.45, 2.75) is 38.6 Å². The van der Waals surface area contributed by atoms with Crippen LogP contribution in [0.2, 0.25) is 0 Å². The Morgan fingerprint density at radius 3 is 2.71 bits per heavy atom. The minimum absolute atomic E-state index is 0.0960. The van der Waals surface area contributed by atoms with E-state index in [-0.39, 0.29) is 12.1 Å². The van der Waals surface area contributed by atoms with Crippen LogP contribution < -0.4 is 4.74 Å². The molecule has 1 aliphatic rings. The molecule has 1 aromatic carbocycles. The van der Waals surface area contributed by atoms with Gasteiger partial charge < -0.3 is 9.47 Å². The van der Waals surface area contributed by atoms with Crippen molar-refractivity contribution in [2.75, 3.05) is 13.7 Å². The lowest BCUT2D eigenvalue weighted by Crippen LogP contribution is -2.26. The van der Waals surface area contributed by atoms with Crippen LogP contribution >= 0.6 is 0 Å². The molecule has 7 nitrogen and oxygen atoms in total. The van der Waals surface area contributed by atoms with Crippen molar-refractivity contribution in [3.05, 3.63) is 71.4 Å². The minimum atomic E-state index is 0.0960. The number of benzene rings is 1. The maximum absolute atomic E-state index is 6.21. The van der Waals surface area contributed by atoms with Gasteiger partial charge >= 0.3 is 0 Å². The van der Waals surface area contributed by atoms with E-state index >= 15 is 0 Å². The van der Waals surface area contributed by atoms with Crippen LogP contribution in [0.25, 0.3) is 0 Å². The second-order valence-corrected chi connectivity index (χ2v) is 7.05. The molecular weight excluding hydrogens is 354 g/mol. The van der Waals surface area contributed by atoms with Crippen molar-refractivity contribution in [3.63, 3.8) is 0 Å². The Bertz CT molecular complexity index is 899. The van der Waals surface area contributed by atoms with E-state index in [1.807, 2.05) is 43.3 Å². The number of likely N-dealkylation sites (tertiary alicyclic amines) is 1. The highest BCUT2D eigenvalue weighted by atomic mass is 16.5. The standard InChI is InChI=1S/C21H25N5O2/c1-15-22-21(25-24-15)19-11-18(28-14-16-7-4-3-5-8-16)13-26(19)12-17-9-6-10-20(23-17)27-2/h3-10,18-19H,11-14H2,1-2H3,(H,22,24,25)/t18-,19-/m0/s1. The normalized spacial score (nSPS) is 19.8. The predicted octanol–water partition coefficient (Wildman–Crippen LogP) is 3.05. The maximum atomic E-state index is 6.21. The van der Waals surface area contributed by atoms with Crippen molar-refractivity contribution >= 4 is 0 Å². The summed E-state index contributed by atoms with van der Waals surface area (Å²) in [6.07, 6.45) is 0.975. The van der Waals surface area contributed by atoms with Gasteiger partial charge in [0.2, 0.25) is 5.88 Å². The van der Waals surface area contributed by atoms with Crippen molar-refractivity contribution in [3.8, 4) is 5.88 Å². The highest BCUT2D eigenvalue weighted by molar-refractivity contribution is 5.17.